The minimum atomic E-state index is -1.12. The maximum Gasteiger partial charge on any atom is 0.404 e. The standard InChI is InChI=1S/C17H17ClN2O3/c18-14-8-6-12(7-9-14)13(11-19-17(22)23)10-16(21)20-15-4-2-1-3-5-15/h1-9,13,19H,10-11H2,(H,20,21)(H,22,23). The van der Waals surface area contributed by atoms with E-state index in [0.29, 0.717) is 10.7 Å². The normalized spacial score (nSPS) is 11.5. The molecule has 23 heavy (non-hydrogen) atoms. The average Bonchev–Trinajstić information content (AvgIpc) is 2.53. The van der Waals surface area contributed by atoms with Crippen LogP contribution in [0.5, 0.6) is 0 Å². The van der Waals surface area contributed by atoms with E-state index >= 15 is 0 Å². The van der Waals surface area contributed by atoms with E-state index in [1.54, 1.807) is 36.4 Å². The summed E-state index contributed by atoms with van der Waals surface area (Å²) in [6.45, 7) is 0.152. The van der Waals surface area contributed by atoms with Gasteiger partial charge in [-0.05, 0) is 29.8 Å². The Hall–Kier alpha value is -2.53. The van der Waals surface area contributed by atoms with Crippen molar-refractivity contribution in [3.63, 3.8) is 0 Å². The van der Waals surface area contributed by atoms with Gasteiger partial charge in [0.2, 0.25) is 5.91 Å². The van der Waals surface area contributed by atoms with Gasteiger partial charge in [-0.1, -0.05) is 41.9 Å². The van der Waals surface area contributed by atoms with Crippen LogP contribution in [-0.2, 0) is 4.79 Å². The van der Waals surface area contributed by atoms with Crippen molar-refractivity contribution >= 4 is 29.3 Å². The third-order valence-electron chi connectivity index (χ3n) is 3.33. The molecule has 1 unspecified atom stereocenters. The first-order valence-corrected chi connectivity index (χ1v) is 7.49. The smallest absolute Gasteiger partial charge is 0.404 e. The SMILES string of the molecule is O=C(O)NCC(CC(=O)Nc1ccccc1)c1ccc(Cl)cc1. The molecule has 0 aromatic heterocycles. The molecule has 2 aromatic carbocycles. The second-order valence-electron chi connectivity index (χ2n) is 5.05. The minimum absolute atomic E-state index is 0.152. The number of carboxylic acid groups (broad SMARTS) is 1. The summed E-state index contributed by atoms with van der Waals surface area (Å²) in [6.07, 6.45) is -0.955. The summed E-state index contributed by atoms with van der Waals surface area (Å²) in [4.78, 5) is 22.9. The summed E-state index contributed by atoms with van der Waals surface area (Å²) in [5.74, 6) is -0.449. The molecule has 3 N–H and O–H groups in total. The van der Waals surface area contributed by atoms with Gasteiger partial charge in [0.05, 0.1) is 0 Å². The lowest BCUT2D eigenvalue weighted by molar-refractivity contribution is -0.116. The highest BCUT2D eigenvalue weighted by Gasteiger charge is 2.17. The number of nitrogens with one attached hydrogen (secondary N) is 2. The van der Waals surface area contributed by atoms with Crippen molar-refractivity contribution in [3.05, 3.63) is 65.2 Å². The van der Waals surface area contributed by atoms with Gasteiger partial charge in [0.25, 0.3) is 0 Å². The van der Waals surface area contributed by atoms with Crippen LogP contribution in [0.15, 0.2) is 54.6 Å². The highest BCUT2D eigenvalue weighted by atomic mass is 35.5. The van der Waals surface area contributed by atoms with Gasteiger partial charge in [-0.25, -0.2) is 4.79 Å². The summed E-state index contributed by atoms with van der Waals surface area (Å²) in [6, 6.07) is 16.2. The average molecular weight is 333 g/mol. The van der Waals surface area contributed by atoms with Crippen LogP contribution in [0.25, 0.3) is 0 Å². The Morgan fingerprint density at radius 1 is 1.04 bits per heavy atom. The molecule has 0 spiro atoms. The van der Waals surface area contributed by atoms with E-state index in [0.717, 1.165) is 5.56 Å². The molecule has 0 fully saturated rings. The first-order chi connectivity index (χ1) is 11.0. The molecule has 0 bridgehead atoms. The molecule has 5 nitrogen and oxygen atoms in total. The summed E-state index contributed by atoms with van der Waals surface area (Å²) >= 11 is 5.87. The highest BCUT2D eigenvalue weighted by molar-refractivity contribution is 6.30. The molecule has 0 saturated carbocycles. The number of hydrogen-bond acceptors (Lipinski definition) is 2. The number of amides is 2. The van der Waals surface area contributed by atoms with E-state index in [9.17, 15) is 9.59 Å². The Bertz CT molecular complexity index is 659. The molecule has 0 aliphatic rings. The van der Waals surface area contributed by atoms with E-state index < -0.39 is 6.09 Å². The van der Waals surface area contributed by atoms with Crippen LogP contribution < -0.4 is 10.6 Å². The number of rotatable bonds is 6. The fraction of sp³-hybridized carbons (Fsp3) is 0.176. The van der Waals surface area contributed by atoms with Crippen molar-refractivity contribution in [2.75, 3.05) is 11.9 Å². The van der Waals surface area contributed by atoms with Crippen LogP contribution >= 0.6 is 11.6 Å². The molecular weight excluding hydrogens is 316 g/mol. The molecule has 0 heterocycles. The van der Waals surface area contributed by atoms with Gasteiger partial charge in [0.1, 0.15) is 0 Å². The lowest BCUT2D eigenvalue weighted by atomic mass is 9.95. The van der Waals surface area contributed by atoms with E-state index in [-0.39, 0.29) is 24.8 Å². The molecule has 2 aromatic rings. The molecule has 0 aliphatic heterocycles. The third-order valence-corrected chi connectivity index (χ3v) is 3.58. The molecule has 0 saturated heterocycles. The van der Waals surface area contributed by atoms with Gasteiger partial charge < -0.3 is 15.7 Å². The van der Waals surface area contributed by atoms with Gasteiger partial charge >= 0.3 is 6.09 Å². The predicted molar refractivity (Wildman–Crippen MR) is 89.9 cm³/mol. The first kappa shape index (κ1) is 16.8. The van der Waals surface area contributed by atoms with Gasteiger partial charge in [-0.3, -0.25) is 4.79 Å². The molecule has 120 valence electrons. The molecule has 2 rings (SSSR count). The fourth-order valence-corrected chi connectivity index (χ4v) is 2.34. The third kappa shape index (κ3) is 5.64. The Labute approximate surface area is 139 Å². The number of anilines is 1. The molecule has 0 radical (unpaired) electrons. The van der Waals surface area contributed by atoms with Crippen molar-refractivity contribution in [1.82, 2.24) is 5.32 Å². The zero-order chi connectivity index (χ0) is 16.7. The van der Waals surface area contributed by atoms with Crippen LogP contribution in [0.4, 0.5) is 10.5 Å². The maximum absolute atomic E-state index is 12.2. The van der Waals surface area contributed by atoms with Crippen molar-refractivity contribution < 1.29 is 14.7 Å². The molecular formula is C17H17ClN2O3. The summed E-state index contributed by atoms with van der Waals surface area (Å²) in [5, 5.41) is 14.5. The second kappa shape index (κ2) is 8.19. The number of hydrogen-bond donors (Lipinski definition) is 3. The lowest BCUT2D eigenvalue weighted by Gasteiger charge is -2.17. The van der Waals surface area contributed by atoms with Gasteiger partial charge in [-0.2, -0.15) is 0 Å². The first-order valence-electron chi connectivity index (χ1n) is 7.12. The van der Waals surface area contributed by atoms with Gasteiger partial charge in [-0.15, -0.1) is 0 Å². The molecule has 2 amide bonds. The Morgan fingerprint density at radius 3 is 2.30 bits per heavy atom. The van der Waals surface area contributed by atoms with Crippen LogP contribution in [0.1, 0.15) is 17.9 Å². The molecule has 1 atom stereocenters. The Kier molecular flexibility index (Phi) is 6.00. The number of para-hydroxylation sites is 1. The fourth-order valence-electron chi connectivity index (χ4n) is 2.21. The lowest BCUT2D eigenvalue weighted by Crippen LogP contribution is -2.29. The number of carbonyl (C=O) groups is 2. The monoisotopic (exact) mass is 332 g/mol. The summed E-state index contributed by atoms with van der Waals surface area (Å²) in [5.41, 5.74) is 1.56. The Morgan fingerprint density at radius 2 is 1.70 bits per heavy atom. The van der Waals surface area contributed by atoms with Gasteiger partial charge in [0, 0.05) is 29.6 Å². The van der Waals surface area contributed by atoms with E-state index in [4.69, 9.17) is 16.7 Å². The van der Waals surface area contributed by atoms with Crippen LogP contribution in [0.2, 0.25) is 5.02 Å². The van der Waals surface area contributed by atoms with Crippen LogP contribution in [0.3, 0.4) is 0 Å². The zero-order valence-corrected chi connectivity index (χ0v) is 13.1. The van der Waals surface area contributed by atoms with E-state index in [2.05, 4.69) is 10.6 Å². The Balaban J connectivity index is 2.05. The quantitative estimate of drug-likeness (QED) is 0.754. The van der Waals surface area contributed by atoms with E-state index in [1.165, 1.54) is 0 Å². The van der Waals surface area contributed by atoms with Crippen molar-refractivity contribution in [3.8, 4) is 0 Å². The second-order valence-corrected chi connectivity index (χ2v) is 5.49. The van der Waals surface area contributed by atoms with Crippen molar-refractivity contribution in [2.45, 2.75) is 12.3 Å². The predicted octanol–water partition coefficient (Wildman–Crippen LogP) is 3.72. The minimum Gasteiger partial charge on any atom is -0.465 e. The topological polar surface area (TPSA) is 78.4 Å². The maximum atomic E-state index is 12.2. The van der Waals surface area contributed by atoms with Crippen LogP contribution in [0, 0.1) is 0 Å². The largest absolute Gasteiger partial charge is 0.465 e. The van der Waals surface area contributed by atoms with Gasteiger partial charge in [0.15, 0.2) is 0 Å². The van der Waals surface area contributed by atoms with Crippen molar-refractivity contribution in [2.24, 2.45) is 0 Å². The van der Waals surface area contributed by atoms with Crippen LogP contribution in [-0.4, -0.2) is 23.7 Å². The highest BCUT2D eigenvalue weighted by Crippen LogP contribution is 2.22. The number of halogens is 1. The molecule has 0 aliphatic carbocycles. The summed E-state index contributed by atoms with van der Waals surface area (Å²) in [7, 11) is 0. The number of benzene rings is 2. The number of carbonyl (C=O) groups excluding carboxylic acids is 1. The van der Waals surface area contributed by atoms with E-state index in [1.807, 2.05) is 18.2 Å². The zero-order valence-electron chi connectivity index (χ0n) is 12.3. The van der Waals surface area contributed by atoms with Crippen molar-refractivity contribution in [1.29, 1.82) is 0 Å². The molecule has 6 heteroatoms. The summed E-state index contributed by atoms with van der Waals surface area (Å²) < 4.78 is 0.